The highest BCUT2D eigenvalue weighted by atomic mass is 79.9. The van der Waals surface area contributed by atoms with Crippen LogP contribution < -0.4 is 10.6 Å². The zero-order valence-corrected chi connectivity index (χ0v) is 11.3. The van der Waals surface area contributed by atoms with Crippen LogP contribution in [0.15, 0.2) is 28.7 Å². The fourth-order valence-corrected chi connectivity index (χ4v) is 2.68. The first kappa shape index (κ1) is 11.9. The summed E-state index contributed by atoms with van der Waals surface area (Å²) in [7, 11) is 0. The summed E-state index contributed by atoms with van der Waals surface area (Å²) in [6.45, 7) is 4.61. The summed E-state index contributed by atoms with van der Waals surface area (Å²) in [5, 5.41) is 7.01. The molecule has 1 saturated heterocycles. The lowest BCUT2D eigenvalue weighted by molar-refractivity contribution is 0.343. The Labute approximate surface area is 106 Å². The van der Waals surface area contributed by atoms with E-state index in [0.717, 1.165) is 23.5 Å². The van der Waals surface area contributed by atoms with Gasteiger partial charge in [-0.1, -0.05) is 12.1 Å². The Hall–Kier alpha value is -0.540. The summed E-state index contributed by atoms with van der Waals surface area (Å²) in [6, 6.07) is 8.87. The predicted molar refractivity (Wildman–Crippen MR) is 72.8 cm³/mol. The SMILES string of the molecule is CC(Nc1ccccc1Br)C1CCNCC1. The van der Waals surface area contributed by atoms with Crippen molar-refractivity contribution in [1.29, 1.82) is 0 Å². The van der Waals surface area contributed by atoms with Gasteiger partial charge in [-0.15, -0.1) is 0 Å². The summed E-state index contributed by atoms with van der Waals surface area (Å²) in [4.78, 5) is 0. The molecule has 1 aliphatic heterocycles. The second-order valence-electron chi connectivity index (χ2n) is 4.50. The van der Waals surface area contributed by atoms with Crippen molar-refractivity contribution >= 4 is 21.6 Å². The molecule has 2 nitrogen and oxygen atoms in total. The highest BCUT2D eigenvalue weighted by Gasteiger charge is 2.19. The van der Waals surface area contributed by atoms with Crippen LogP contribution >= 0.6 is 15.9 Å². The van der Waals surface area contributed by atoms with Gasteiger partial charge >= 0.3 is 0 Å². The third-order valence-electron chi connectivity index (χ3n) is 3.35. The fraction of sp³-hybridized carbons (Fsp3) is 0.538. The van der Waals surface area contributed by atoms with Crippen LogP contribution in [-0.4, -0.2) is 19.1 Å². The molecule has 16 heavy (non-hydrogen) atoms. The minimum absolute atomic E-state index is 0.542. The Balaban J connectivity index is 1.96. The van der Waals surface area contributed by atoms with Gasteiger partial charge in [-0.05, 0) is 66.8 Å². The molecule has 0 aliphatic carbocycles. The molecule has 1 atom stereocenters. The number of para-hydroxylation sites is 1. The molecule has 0 radical (unpaired) electrons. The van der Waals surface area contributed by atoms with E-state index < -0.39 is 0 Å². The van der Waals surface area contributed by atoms with Gasteiger partial charge in [0.05, 0.1) is 0 Å². The van der Waals surface area contributed by atoms with Crippen LogP contribution in [-0.2, 0) is 0 Å². The van der Waals surface area contributed by atoms with Crippen LogP contribution in [0, 0.1) is 5.92 Å². The molecule has 1 fully saturated rings. The number of benzene rings is 1. The Morgan fingerprint density at radius 1 is 1.31 bits per heavy atom. The van der Waals surface area contributed by atoms with Crippen LogP contribution in [0.2, 0.25) is 0 Å². The topological polar surface area (TPSA) is 24.1 Å². The molecule has 2 rings (SSSR count). The van der Waals surface area contributed by atoms with Crippen molar-refractivity contribution in [3.63, 3.8) is 0 Å². The van der Waals surface area contributed by atoms with Crippen molar-refractivity contribution < 1.29 is 0 Å². The number of hydrogen-bond donors (Lipinski definition) is 2. The smallest absolute Gasteiger partial charge is 0.0486 e. The largest absolute Gasteiger partial charge is 0.381 e. The van der Waals surface area contributed by atoms with E-state index in [1.807, 2.05) is 6.07 Å². The summed E-state index contributed by atoms with van der Waals surface area (Å²) in [6.07, 6.45) is 2.55. The lowest BCUT2D eigenvalue weighted by Crippen LogP contribution is -2.36. The fourth-order valence-electron chi connectivity index (χ4n) is 2.29. The molecule has 0 bridgehead atoms. The van der Waals surface area contributed by atoms with Gasteiger partial charge in [0, 0.05) is 16.2 Å². The van der Waals surface area contributed by atoms with Crippen LogP contribution in [0.25, 0.3) is 0 Å². The quantitative estimate of drug-likeness (QED) is 0.889. The maximum absolute atomic E-state index is 3.61. The van der Waals surface area contributed by atoms with Crippen LogP contribution in [0.4, 0.5) is 5.69 Å². The van der Waals surface area contributed by atoms with E-state index in [4.69, 9.17) is 0 Å². The molecule has 1 aromatic rings. The summed E-state index contributed by atoms with van der Waals surface area (Å²) < 4.78 is 1.15. The van der Waals surface area contributed by atoms with Gasteiger partial charge in [-0.25, -0.2) is 0 Å². The lowest BCUT2D eigenvalue weighted by Gasteiger charge is -2.29. The minimum Gasteiger partial charge on any atom is -0.381 e. The molecule has 1 aromatic carbocycles. The Morgan fingerprint density at radius 3 is 2.69 bits per heavy atom. The summed E-state index contributed by atoms with van der Waals surface area (Å²) >= 11 is 3.57. The first-order valence-corrected chi connectivity index (χ1v) is 6.78. The van der Waals surface area contributed by atoms with Crippen molar-refractivity contribution in [2.75, 3.05) is 18.4 Å². The van der Waals surface area contributed by atoms with Gasteiger partial charge in [0.2, 0.25) is 0 Å². The standard InChI is InChI=1S/C13H19BrN2/c1-10(11-6-8-15-9-7-11)16-13-5-3-2-4-12(13)14/h2-5,10-11,15-16H,6-9H2,1H3. The van der Waals surface area contributed by atoms with Crippen molar-refractivity contribution in [3.05, 3.63) is 28.7 Å². The lowest BCUT2D eigenvalue weighted by atomic mass is 9.91. The Bertz CT molecular complexity index is 334. The second kappa shape index (κ2) is 5.69. The van der Waals surface area contributed by atoms with Crippen molar-refractivity contribution in [2.24, 2.45) is 5.92 Å². The number of halogens is 1. The highest BCUT2D eigenvalue weighted by molar-refractivity contribution is 9.10. The van der Waals surface area contributed by atoms with E-state index in [0.29, 0.717) is 6.04 Å². The average Bonchev–Trinajstić information content (AvgIpc) is 2.33. The molecule has 88 valence electrons. The maximum atomic E-state index is 3.61. The van der Waals surface area contributed by atoms with Crippen molar-refractivity contribution in [2.45, 2.75) is 25.8 Å². The zero-order valence-electron chi connectivity index (χ0n) is 9.67. The molecule has 1 heterocycles. The first-order valence-electron chi connectivity index (χ1n) is 5.99. The Morgan fingerprint density at radius 2 is 2.00 bits per heavy atom. The molecule has 1 aliphatic rings. The van der Waals surface area contributed by atoms with E-state index >= 15 is 0 Å². The van der Waals surface area contributed by atoms with E-state index in [1.165, 1.54) is 18.5 Å². The van der Waals surface area contributed by atoms with Crippen molar-refractivity contribution in [3.8, 4) is 0 Å². The molecule has 0 amide bonds. The zero-order chi connectivity index (χ0) is 11.4. The maximum Gasteiger partial charge on any atom is 0.0486 e. The van der Waals surface area contributed by atoms with Crippen LogP contribution in [0.3, 0.4) is 0 Å². The monoisotopic (exact) mass is 282 g/mol. The number of nitrogens with one attached hydrogen (secondary N) is 2. The number of anilines is 1. The van der Waals surface area contributed by atoms with Gasteiger partial charge in [0.15, 0.2) is 0 Å². The van der Waals surface area contributed by atoms with Gasteiger partial charge < -0.3 is 10.6 Å². The van der Waals surface area contributed by atoms with Gasteiger partial charge in [0.25, 0.3) is 0 Å². The number of rotatable bonds is 3. The summed E-state index contributed by atoms with van der Waals surface area (Å²) in [5.74, 6) is 0.786. The third kappa shape index (κ3) is 2.98. The normalized spacial score (nSPS) is 19.4. The molecule has 0 saturated carbocycles. The van der Waals surface area contributed by atoms with Crippen LogP contribution in [0.5, 0.6) is 0 Å². The molecule has 0 spiro atoms. The molecule has 0 aromatic heterocycles. The minimum atomic E-state index is 0.542. The molecule has 3 heteroatoms. The number of hydrogen-bond acceptors (Lipinski definition) is 2. The van der Waals surface area contributed by atoms with E-state index in [2.05, 4.69) is 51.7 Å². The van der Waals surface area contributed by atoms with Gasteiger partial charge in [-0.3, -0.25) is 0 Å². The third-order valence-corrected chi connectivity index (χ3v) is 4.04. The predicted octanol–water partition coefficient (Wildman–Crippen LogP) is 3.25. The number of piperidine rings is 1. The van der Waals surface area contributed by atoms with Crippen LogP contribution in [0.1, 0.15) is 19.8 Å². The van der Waals surface area contributed by atoms with Gasteiger partial charge in [0.1, 0.15) is 0 Å². The van der Waals surface area contributed by atoms with Gasteiger partial charge in [-0.2, -0.15) is 0 Å². The molecule has 1 unspecified atom stereocenters. The van der Waals surface area contributed by atoms with E-state index in [9.17, 15) is 0 Å². The molecular weight excluding hydrogens is 264 g/mol. The summed E-state index contributed by atoms with van der Waals surface area (Å²) in [5.41, 5.74) is 1.20. The van der Waals surface area contributed by atoms with E-state index in [-0.39, 0.29) is 0 Å². The van der Waals surface area contributed by atoms with E-state index in [1.54, 1.807) is 0 Å². The molecular formula is C13H19BrN2. The second-order valence-corrected chi connectivity index (χ2v) is 5.35. The average molecular weight is 283 g/mol. The Kier molecular flexibility index (Phi) is 4.24. The first-order chi connectivity index (χ1) is 7.77. The molecule has 2 N–H and O–H groups in total. The van der Waals surface area contributed by atoms with Crippen molar-refractivity contribution in [1.82, 2.24) is 5.32 Å². The highest BCUT2D eigenvalue weighted by Crippen LogP contribution is 2.25.